The number of likely N-dealkylation sites (N-methyl/N-ethyl adjacent to an activating group) is 1. The third-order valence-electron chi connectivity index (χ3n) is 3.22. The smallest absolute Gasteiger partial charge is 0.255 e. The second kappa shape index (κ2) is 6.21. The van der Waals surface area contributed by atoms with Crippen LogP contribution in [0.3, 0.4) is 0 Å². The number of pyridine rings is 1. The number of nitrogens with zero attached hydrogens (tertiary/aromatic N) is 2. The number of amides is 1. The van der Waals surface area contributed by atoms with Gasteiger partial charge in [0.15, 0.2) is 0 Å². The highest BCUT2D eigenvalue weighted by atomic mass is 35.5. The average molecular weight is 284 g/mol. The molecule has 1 aliphatic rings. The van der Waals surface area contributed by atoms with Crippen molar-refractivity contribution in [3.8, 4) is 0 Å². The van der Waals surface area contributed by atoms with Crippen LogP contribution in [-0.2, 0) is 4.74 Å². The summed E-state index contributed by atoms with van der Waals surface area (Å²) in [7, 11) is 0. The molecule has 2 N–H and O–H groups in total. The van der Waals surface area contributed by atoms with E-state index in [1.54, 1.807) is 4.90 Å². The first kappa shape index (κ1) is 14.1. The third kappa shape index (κ3) is 3.36. The van der Waals surface area contributed by atoms with Gasteiger partial charge >= 0.3 is 0 Å². The number of halogens is 1. The van der Waals surface area contributed by atoms with Gasteiger partial charge in [-0.15, -0.1) is 0 Å². The molecule has 6 heteroatoms. The molecular formula is C13H18ClN3O2. The molecule has 1 aromatic rings. The average Bonchev–Trinajstić information content (AvgIpc) is 2.91. The predicted octanol–water partition coefficient (Wildman–Crippen LogP) is 1.96. The number of nitrogens with two attached hydrogens (primary N) is 1. The van der Waals surface area contributed by atoms with E-state index in [-0.39, 0.29) is 12.0 Å². The number of carbonyl (C=O) groups excluding carboxylic acids is 1. The van der Waals surface area contributed by atoms with Crippen molar-refractivity contribution in [3.63, 3.8) is 0 Å². The van der Waals surface area contributed by atoms with E-state index in [4.69, 9.17) is 22.1 Å². The summed E-state index contributed by atoms with van der Waals surface area (Å²) in [6, 6.07) is 1.52. The predicted molar refractivity (Wildman–Crippen MR) is 74.2 cm³/mol. The quantitative estimate of drug-likeness (QED) is 0.917. The van der Waals surface area contributed by atoms with Crippen LogP contribution in [0.4, 0.5) is 5.82 Å². The van der Waals surface area contributed by atoms with Gasteiger partial charge in [0, 0.05) is 25.9 Å². The van der Waals surface area contributed by atoms with Gasteiger partial charge in [-0.05, 0) is 25.8 Å². The maximum Gasteiger partial charge on any atom is 0.255 e. The number of hydrogen-bond acceptors (Lipinski definition) is 4. The zero-order valence-corrected chi connectivity index (χ0v) is 11.7. The first-order valence-corrected chi connectivity index (χ1v) is 6.81. The Bertz CT molecular complexity index is 461. The molecular weight excluding hydrogens is 266 g/mol. The fourth-order valence-corrected chi connectivity index (χ4v) is 2.36. The number of carbonyl (C=O) groups is 1. The maximum atomic E-state index is 12.4. The molecule has 0 aliphatic carbocycles. The molecule has 2 heterocycles. The number of aromatic nitrogens is 1. The summed E-state index contributed by atoms with van der Waals surface area (Å²) >= 11 is 6.01. The Morgan fingerprint density at radius 1 is 1.68 bits per heavy atom. The lowest BCUT2D eigenvalue weighted by molar-refractivity contribution is 0.0539. The lowest BCUT2D eigenvalue weighted by atomic mass is 10.2. The first-order valence-electron chi connectivity index (χ1n) is 6.43. The minimum absolute atomic E-state index is 0.127. The third-order valence-corrected chi connectivity index (χ3v) is 3.53. The van der Waals surface area contributed by atoms with Gasteiger partial charge < -0.3 is 15.4 Å². The van der Waals surface area contributed by atoms with Gasteiger partial charge in [-0.25, -0.2) is 4.98 Å². The Kier molecular flexibility index (Phi) is 4.61. The molecule has 1 amide bonds. The molecule has 104 valence electrons. The fraction of sp³-hybridized carbons (Fsp3) is 0.538. The van der Waals surface area contributed by atoms with Crippen molar-refractivity contribution in [1.82, 2.24) is 9.88 Å². The Balaban J connectivity index is 2.12. The van der Waals surface area contributed by atoms with Crippen LogP contribution in [-0.4, -0.2) is 41.6 Å². The molecule has 0 saturated carbocycles. The summed E-state index contributed by atoms with van der Waals surface area (Å²) in [4.78, 5) is 18.0. The molecule has 5 nitrogen and oxygen atoms in total. The van der Waals surface area contributed by atoms with Gasteiger partial charge in [-0.1, -0.05) is 11.6 Å². The SMILES string of the molecule is CCN(CC1CCCO1)C(=O)c1cc(N)ncc1Cl. The summed E-state index contributed by atoms with van der Waals surface area (Å²) in [6.07, 6.45) is 3.58. The van der Waals surface area contributed by atoms with Crippen molar-refractivity contribution < 1.29 is 9.53 Å². The molecule has 1 atom stereocenters. The van der Waals surface area contributed by atoms with Gasteiger partial charge in [0.25, 0.3) is 5.91 Å². The minimum Gasteiger partial charge on any atom is -0.384 e. The highest BCUT2D eigenvalue weighted by Crippen LogP contribution is 2.20. The normalized spacial score (nSPS) is 18.5. The van der Waals surface area contributed by atoms with Gasteiger partial charge in [0.2, 0.25) is 0 Å². The van der Waals surface area contributed by atoms with Crippen LogP contribution < -0.4 is 5.73 Å². The second-order valence-electron chi connectivity index (χ2n) is 4.57. The fourth-order valence-electron chi connectivity index (χ4n) is 2.18. The summed E-state index contributed by atoms with van der Waals surface area (Å²) in [5, 5.41) is 0.324. The molecule has 2 rings (SSSR count). The maximum absolute atomic E-state index is 12.4. The van der Waals surface area contributed by atoms with Gasteiger partial charge in [0.05, 0.1) is 16.7 Å². The standard InChI is InChI=1S/C13H18ClN3O2/c1-2-17(8-9-4-3-5-19-9)13(18)10-6-12(15)16-7-11(10)14/h6-7,9H,2-5,8H2,1H3,(H2,15,16). The lowest BCUT2D eigenvalue weighted by Crippen LogP contribution is -2.37. The molecule has 19 heavy (non-hydrogen) atoms. The van der Waals surface area contributed by atoms with E-state index < -0.39 is 0 Å². The number of nitrogen functional groups attached to an aromatic ring is 1. The zero-order valence-electron chi connectivity index (χ0n) is 10.9. The van der Waals surface area contributed by atoms with Crippen LogP contribution in [0.5, 0.6) is 0 Å². The van der Waals surface area contributed by atoms with Crippen LogP contribution in [0.2, 0.25) is 5.02 Å². The number of anilines is 1. The van der Waals surface area contributed by atoms with Crippen LogP contribution >= 0.6 is 11.6 Å². The van der Waals surface area contributed by atoms with E-state index in [1.807, 2.05) is 6.92 Å². The van der Waals surface area contributed by atoms with E-state index in [0.29, 0.717) is 29.5 Å². The lowest BCUT2D eigenvalue weighted by Gasteiger charge is -2.24. The van der Waals surface area contributed by atoms with Crippen LogP contribution in [0.25, 0.3) is 0 Å². The van der Waals surface area contributed by atoms with Crippen molar-refractivity contribution in [2.45, 2.75) is 25.9 Å². The van der Waals surface area contributed by atoms with Crippen molar-refractivity contribution >= 4 is 23.3 Å². The van der Waals surface area contributed by atoms with Crippen LogP contribution in [0.1, 0.15) is 30.1 Å². The topological polar surface area (TPSA) is 68.5 Å². The van der Waals surface area contributed by atoms with Crippen molar-refractivity contribution in [2.24, 2.45) is 0 Å². The van der Waals surface area contributed by atoms with E-state index in [9.17, 15) is 4.79 Å². The minimum atomic E-state index is -0.128. The molecule has 1 aromatic heterocycles. The largest absolute Gasteiger partial charge is 0.384 e. The highest BCUT2D eigenvalue weighted by Gasteiger charge is 2.23. The molecule has 0 aromatic carbocycles. The Morgan fingerprint density at radius 2 is 2.47 bits per heavy atom. The Hall–Kier alpha value is -1.33. The molecule has 1 fully saturated rings. The molecule has 0 bridgehead atoms. The van der Waals surface area contributed by atoms with E-state index >= 15 is 0 Å². The van der Waals surface area contributed by atoms with Crippen molar-refractivity contribution in [1.29, 1.82) is 0 Å². The van der Waals surface area contributed by atoms with E-state index in [1.165, 1.54) is 12.3 Å². The van der Waals surface area contributed by atoms with Gasteiger partial charge in [-0.2, -0.15) is 0 Å². The number of rotatable bonds is 4. The summed E-state index contributed by atoms with van der Waals surface area (Å²) in [6.45, 7) is 3.91. The van der Waals surface area contributed by atoms with Crippen LogP contribution in [0, 0.1) is 0 Å². The molecule has 0 spiro atoms. The number of hydrogen-bond donors (Lipinski definition) is 1. The summed E-state index contributed by atoms with van der Waals surface area (Å²) in [5.74, 6) is 0.165. The van der Waals surface area contributed by atoms with E-state index in [0.717, 1.165) is 19.4 Å². The van der Waals surface area contributed by atoms with Crippen molar-refractivity contribution in [2.75, 3.05) is 25.4 Å². The number of ether oxygens (including phenoxy) is 1. The van der Waals surface area contributed by atoms with E-state index in [2.05, 4.69) is 4.98 Å². The molecule has 1 saturated heterocycles. The van der Waals surface area contributed by atoms with Crippen molar-refractivity contribution in [3.05, 3.63) is 22.8 Å². The Labute approximate surface area is 117 Å². The van der Waals surface area contributed by atoms with Gasteiger partial charge in [0.1, 0.15) is 5.82 Å². The monoisotopic (exact) mass is 283 g/mol. The van der Waals surface area contributed by atoms with Gasteiger partial charge in [-0.3, -0.25) is 4.79 Å². The summed E-state index contributed by atoms with van der Waals surface area (Å²) in [5.41, 5.74) is 6.00. The van der Waals surface area contributed by atoms with Crippen LogP contribution in [0.15, 0.2) is 12.3 Å². The first-order chi connectivity index (χ1) is 9.11. The zero-order chi connectivity index (χ0) is 13.8. The molecule has 0 radical (unpaired) electrons. The molecule has 1 aliphatic heterocycles. The molecule has 1 unspecified atom stereocenters. The summed E-state index contributed by atoms with van der Waals surface area (Å²) < 4.78 is 5.56. The second-order valence-corrected chi connectivity index (χ2v) is 4.98. The highest BCUT2D eigenvalue weighted by molar-refractivity contribution is 6.33. The Morgan fingerprint density at radius 3 is 3.11 bits per heavy atom.